The molecule has 1 aromatic rings. The third-order valence-corrected chi connectivity index (χ3v) is 2.87. The molecule has 0 saturated heterocycles. The first-order valence-electron chi connectivity index (χ1n) is 5.29. The summed E-state index contributed by atoms with van der Waals surface area (Å²) in [5.41, 5.74) is 4.11. The van der Waals surface area contributed by atoms with Gasteiger partial charge in [-0.05, 0) is 24.0 Å². The Bertz CT molecular complexity index is 229. The summed E-state index contributed by atoms with van der Waals surface area (Å²) < 4.78 is 5.04. The van der Waals surface area contributed by atoms with Gasteiger partial charge in [0.1, 0.15) is 0 Å². The van der Waals surface area contributed by atoms with Crippen molar-refractivity contribution in [1.29, 1.82) is 0 Å². The van der Waals surface area contributed by atoms with Crippen molar-refractivity contribution in [2.45, 2.75) is 39.2 Å². The highest BCUT2D eigenvalue weighted by molar-refractivity contribution is 5.07. The molecule has 0 aliphatic rings. The molecule has 0 saturated carbocycles. The molecule has 0 amide bonds. The normalized spacial score (nSPS) is 13.4. The standard InChI is InChI=1S/C11H20N2O/c1-3-10(4-2)11(13-12)7-9-5-6-14-8-9/h5-6,8,10-11,13H,3-4,7,12H2,1-2H3. The predicted octanol–water partition coefficient (Wildman–Crippen LogP) is 2.09. The Morgan fingerprint density at radius 3 is 2.57 bits per heavy atom. The Hall–Kier alpha value is -0.800. The number of hydrogen-bond donors (Lipinski definition) is 2. The molecule has 0 fully saturated rings. The monoisotopic (exact) mass is 196 g/mol. The zero-order valence-electron chi connectivity index (χ0n) is 8.99. The van der Waals surface area contributed by atoms with Gasteiger partial charge in [-0.2, -0.15) is 0 Å². The maximum atomic E-state index is 5.56. The lowest BCUT2D eigenvalue weighted by Gasteiger charge is -2.23. The minimum atomic E-state index is 0.350. The van der Waals surface area contributed by atoms with Gasteiger partial charge in [-0.3, -0.25) is 11.3 Å². The van der Waals surface area contributed by atoms with Gasteiger partial charge in [0.25, 0.3) is 0 Å². The highest BCUT2D eigenvalue weighted by Gasteiger charge is 2.17. The number of furan rings is 1. The summed E-state index contributed by atoms with van der Waals surface area (Å²) in [5, 5.41) is 0. The summed E-state index contributed by atoms with van der Waals surface area (Å²) in [5.74, 6) is 6.19. The molecule has 1 rings (SSSR count). The van der Waals surface area contributed by atoms with Crippen molar-refractivity contribution in [1.82, 2.24) is 5.43 Å². The van der Waals surface area contributed by atoms with E-state index in [1.54, 1.807) is 12.5 Å². The van der Waals surface area contributed by atoms with E-state index in [0.29, 0.717) is 12.0 Å². The van der Waals surface area contributed by atoms with E-state index in [4.69, 9.17) is 10.3 Å². The van der Waals surface area contributed by atoms with E-state index < -0.39 is 0 Å². The van der Waals surface area contributed by atoms with Gasteiger partial charge >= 0.3 is 0 Å². The van der Waals surface area contributed by atoms with Crippen molar-refractivity contribution in [3.05, 3.63) is 24.2 Å². The Labute approximate surface area is 85.6 Å². The summed E-state index contributed by atoms with van der Waals surface area (Å²) in [6.07, 6.45) is 6.74. The van der Waals surface area contributed by atoms with Crippen LogP contribution in [0.25, 0.3) is 0 Å². The molecular formula is C11H20N2O. The highest BCUT2D eigenvalue weighted by Crippen LogP contribution is 2.16. The van der Waals surface area contributed by atoms with E-state index in [1.807, 2.05) is 6.07 Å². The molecule has 1 aromatic heterocycles. The summed E-state index contributed by atoms with van der Waals surface area (Å²) in [6, 6.07) is 2.34. The largest absolute Gasteiger partial charge is 0.472 e. The van der Waals surface area contributed by atoms with Crippen LogP contribution in [0.1, 0.15) is 32.3 Å². The van der Waals surface area contributed by atoms with Gasteiger partial charge in [0, 0.05) is 6.04 Å². The molecule has 80 valence electrons. The fourth-order valence-corrected chi connectivity index (χ4v) is 1.88. The van der Waals surface area contributed by atoms with E-state index >= 15 is 0 Å². The first-order valence-corrected chi connectivity index (χ1v) is 5.29. The molecule has 14 heavy (non-hydrogen) atoms. The van der Waals surface area contributed by atoms with Gasteiger partial charge < -0.3 is 4.42 Å². The second-order valence-corrected chi connectivity index (χ2v) is 3.69. The zero-order valence-corrected chi connectivity index (χ0v) is 8.99. The van der Waals surface area contributed by atoms with Crippen LogP contribution in [0.15, 0.2) is 23.0 Å². The van der Waals surface area contributed by atoms with E-state index in [1.165, 1.54) is 5.56 Å². The highest BCUT2D eigenvalue weighted by atomic mass is 16.3. The zero-order chi connectivity index (χ0) is 10.4. The van der Waals surface area contributed by atoms with Gasteiger partial charge in [0.05, 0.1) is 12.5 Å². The second-order valence-electron chi connectivity index (χ2n) is 3.69. The van der Waals surface area contributed by atoms with Crippen LogP contribution < -0.4 is 11.3 Å². The van der Waals surface area contributed by atoms with E-state index in [9.17, 15) is 0 Å². The molecule has 1 heterocycles. The topological polar surface area (TPSA) is 51.2 Å². The summed E-state index contributed by atoms with van der Waals surface area (Å²) in [4.78, 5) is 0. The molecule has 0 bridgehead atoms. The number of hydrogen-bond acceptors (Lipinski definition) is 3. The number of rotatable bonds is 6. The molecule has 0 aliphatic heterocycles. The van der Waals surface area contributed by atoms with Crippen molar-refractivity contribution in [3.63, 3.8) is 0 Å². The van der Waals surface area contributed by atoms with Crippen molar-refractivity contribution in [2.24, 2.45) is 11.8 Å². The van der Waals surface area contributed by atoms with Crippen LogP contribution in [0.4, 0.5) is 0 Å². The average Bonchev–Trinajstić information content (AvgIpc) is 2.70. The summed E-state index contributed by atoms with van der Waals surface area (Å²) in [6.45, 7) is 4.40. The van der Waals surface area contributed by atoms with Crippen molar-refractivity contribution in [3.8, 4) is 0 Å². The number of nitrogens with one attached hydrogen (secondary N) is 1. The van der Waals surface area contributed by atoms with Gasteiger partial charge in [0.15, 0.2) is 0 Å². The quantitative estimate of drug-likeness (QED) is 0.541. The fraction of sp³-hybridized carbons (Fsp3) is 0.636. The third kappa shape index (κ3) is 2.86. The van der Waals surface area contributed by atoms with Crippen LogP contribution in [-0.2, 0) is 6.42 Å². The van der Waals surface area contributed by atoms with Crippen LogP contribution in [0.5, 0.6) is 0 Å². The molecule has 3 heteroatoms. The van der Waals surface area contributed by atoms with Gasteiger partial charge in [0.2, 0.25) is 0 Å². The van der Waals surface area contributed by atoms with Crippen molar-refractivity contribution < 1.29 is 4.42 Å². The summed E-state index contributed by atoms with van der Waals surface area (Å²) >= 11 is 0. The Kier molecular flexibility index (Phi) is 4.70. The first-order chi connectivity index (χ1) is 6.81. The average molecular weight is 196 g/mol. The molecule has 3 N–H and O–H groups in total. The van der Waals surface area contributed by atoms with E-state index in [-0.39, 0.29) is 0 Å². The van der Waals surface area contributed by atoms with E-state index in [0.717, 1.165) is 19.3 Å². The maximum Gasteiger partial charge on any atom is 0.0935 e. The molecule has 1 atom stereocenters. The molecule has 3 nitrogen and oxygen atoms in total. The number of hydrazine groups is 1. The number of nitrogens with two attached hydrogens (primary N) is 1. The SMILES string of the molecule is CCC(CC)C(Cc1ccoc1)NN. The molecule has 0 spiro atoms. The fourth-order valence-electron chi connectivity index (χ4n) is 1.88. The lowest BCUT2D eigenvalue weighted by molar-refractivity contribution is 0.335. The summed E-state index contributed by atoms with van der Waals surface area (Å²) in [7, 11) is 0. The van der Waals surface area contributed by atoms with Crippen LogP contribution in [0.3, 0.4) is 0 Å². The van der Waals surface area contributed by atoms with Crippen molar-refractivity contribution in [2.75, 3.05) is 0 Å². The van der Waals surface area contributed by atoms with Crippen LogP contribution in [0, 0.1) is 5.92 Å². The second kappa shape index (κ2) is 5.83. The lowest BCUT2D eigenvalue weighted by Crippen LogP contribution is -2.42. The Balaban J connectivity index is 2.53. The van der Waals surface area contributed by atoms with E-state index in [2.05, 4.69) is 19.3 Å². The maximum absolute atomic E-state index is 5.56. The minimum Gasteiger partial charge on any atom is -0.472 e. The van der Waals surface area contributed by atoms with Gasteiger partial charge in [-0.1, -0.05) is 26.7 Å². The molecule has 0 aliphatic carbocycles. The molecule has 0 radical (unpaired) electrons. The smallest absolute Gasteiger partial charge is 0.0935 e. The third-order valence-electron chi connectivity index (χ3n) is 2.87. The molecule has 1 unspecified atom stereocenters. The Morgan fingerprint density at radius 1 is 1.43 bits per heavy atom. The van der Waals surface area contributed by atoms with Crippen LogP contribution >= 0.6 is 0 Å². The minimum absolute atomic E-state index is 0.350. The Morgan fingerprint density at radius 2 is 2.14 bits per heavy atom. The molecule has 0 aromatic carbocycles. The van der Waals surface area contributed by atoms with Crippen LogP contribution in [0.2, 0.25) is 0 Å². The molecular weight excluding hydrogens is 176 g/mol. The lowest BCUT2D eigenvalue weighted by atomic mass is 9.90. The first kappa shape index (κ1) is 11.3. The predicted molar refractivity (Wildman–Crippen MR) is 57.6 cm³/mol. The van der Waals surface area contributed by atoms with Crippen LogP contribution in [-0.4, -0.2) is 6.04 Å². The van der Waals surface area contributed by atoms with Gasteiger partial charge in [-0.15, -0.1) is 0 Å². The van der Waals surface area contributed by atoms with Gasteiger partial charge in [-0.25, -0.2) is 0 Å². The van der Waals surface area contributed by atoms with Crippen molar-refractivity contribution >= 4 is 0 Å².